The Bertz CT molecular complexity index is 377. The first kappa shape index (κ1) is 12.2. The molecule has 0 bridgehead atoms. The van der Waals surface area contributed by atoms with Crippen LogP contribution >= 0.6 is 15.9 Å². The van der Waals surface area contributed by atoms with E-state index in [1.54, 1.807) is 19.9 Å². The average Bonchev–Trinajstić information content (AvgIpc) is 2.14. The van der Waals surface area contributed by atoms with Crippen molar-refractivity contribution in [3.05, 3.63) is 33.5 Å². The number of ether oxygens (including phenoxy) is 1. The monoisotopic (exact) mass is 274 g/mol. The normalized spacial score (nSPS) is 10.1. The number of hydrogen-bond donors (Lipinski definition) is 0. The quantitative estimate of drug-likeness (QED) is 0.793. The molecule has 0 fully saturated rings. The van der Waals surface area contributed by atoms with Crippen LogP contribution < -0.4 is 0 Å². The number of halogens is 2. The fourth-order valence-electron chi connectivity index (χ4n) is 1.22. The summed E-state index contributed by atoms with van der Waals surface area (Å²) >= 11 is 3.21. The molecule has 1 rings (SSSR count). The van der Waals surface area contributed by atoms with Gasteiger partial charge in [-0.25, -0.2) is 4.39 Å². The van der Waals surface area contributed by atoms with Crippen LogP contribution in [0.3, 0.4) is 0 Å². The summed E-state index contributed by atoms with van der Waals surface area (Å²) in [5.74, 6) is -0.585. The van der Waals surface area contributed by atoms with Crippen molar-refractivity contribution in [1.29, 1.82) is 0 Å². The average molecular weight is 275 g/mol. The van der Waals surface area contributed by atoms with E-state index in [0.717, 1.165) is 5.56 Å². The van der Waals surface area contributed by atoms with E-state index in [9.17, 15) is 9.18 Å². The highest BCUT2D eigenvalue weighted by molar-refractivity contribution is 9.10. The van der Waals surface area contributed by atoms with Crippen LogP contribution in [0.1, 0.15) is 18.1 Å². The Morgan fingerprint density at radius 2 is 2.20 bits per heavy atom. The highest BCUT2D eigenvalue weighted by atomic mass is 79.9. The van der Waals surface area contributed by atoms with Crippen LogP contribution in [-0.4, -0.2) is 12.6 Å². The fraction of sp³-hybridized carbons (Fsp3) is 0.364. The molecule has 1 aromatic rings. The smallest absolute Gasteiger partial charge is 0.310 e. The second kappa shape index (κ2) is 5.26. The van der Waals surface area contributed by atoms with Gasteiger partial charge in [0.25, 0.3) is 0 Å². The van der Waals surface area contributed by atoms with Gasteiger partial charge in [0.05, 0.1) is 13.0 Å². The Morgan fingerprint density at radius 1 is 1.53 bits per heavy atom. The molecule has 0 spiro atoms. The fourth-order valence-corrected chi connectivity index (χ4v) is 1.68. The predicted molar refractivity (Wildman–Crippen MR) is 59.2 cm³/mol. The van der Waals surface area contributed by atoms with E-state index in [1.807, 2.05) is 0 Å². The largest absolute Gasteiger partial charge is 0.466 e. The molecule has 0 N–H and O–H groups in total. The van der Waals surface area contributed by atoms with Gasteiger partial charge in [-0.1, -0.05) is 22.0 Å². The standard InChI is InChI=1S/C11H12BrFO2/c1-3-15-11(14)5-8-4-7(2)10(13)6-9(8)12/h4,6H,3,5H2,1-2H3. The summed E-state index contributed by atoms with van der Waals surface area (Å²) in [4.78, 5) is 11.2. The minimum Gasteiger partial charge on any atom is -0.466 e. The number of aryl methyl sites for hydroxylation is 1. The van der Waals surface area contributed by atoms with Crippen LogP contribution in [0.15, 0.2) is 16.6 Å². The van der Waals surface area contributed by atoms with Crippen molar-refractivity contribution < 1.29 is 13.9 Å². The molecule has 0 aliphatic rings. The maximum atomic E-state index is 13.1. The maximum Gasteiger partial charge on any atom is 0.310 e. The lowest BCUT2D eigenvalue weighted by molar-refractivity contribution is -0.142. The van der Waals surface area contributed by atoms with Gasteiger partial charge in [0, 0.05) is 4.47 Å². The van der Waals surface area contributed by atoms with Gasteiger partial charge in [-0.05, 0) is 31.0 Å². The second-order valence-corrected chi connectivity index (χ2v) is 4.03. The van der Waals surface area contributed by atoms with Crippen LogP contribution in [0.4, 0.5) is 4.39 Å². The summed E-state index contributed by atoms with van der Waals surface area (Å²) in [6.07, 6.45) is 0.162. The zero-order chi connectivity index (χ0) is 11.4. The molecule has 4 heteroatoms. The molecule has 15 heavy (non-hydrogen) atoms. The summed E-state index contributed by atoms with van der Waals surface area (Å²) in [5.41, 5.74) is 1.27. The van der Waals surface area contributed by atoms with Gasteiger partial charge < -0.3 is 4.74 Å². The van der Waals surface area contributed by atoms with E-state index in [2.05, 4.69) is 15.9 Å². The Labute approximate surface area is 96.6 Å². The van der Waals surface area contributed by atoms with Crippen molar-refractivity contribution in [3.63, 3.8) is 0 Å². The zero-order valence-corrected chi connectivity index (χ0v) is 10.2. The zero-order valence-electron chi connectivity index (χ0n) is 8.64. The van der Waals surface area contributed by atoms with Crippen molar-refractivity contribution in [1.82, 2.24) is 0 Å². The third kappa shape index (κ3) is 3.30. The molecule has 0 aliphatic carbocycles. The molecule has 0 radical (unpaired) electrons. The molecular formula is C11H12BrFO2. The number of rotatable bonds is 3. The van der Waals surface area contributed by atoms with E-state index in [0.29, 0.717) is 16.6 Å². The number of carbonyl (C=O) groups is 1. The molecule has 0 saturated heterocycles. The van der Waals surface area contributed by atoms with Gasteiger partial charge in [0.15, 0.2) is 0 Å². The summed E-state index contributed by atoms with van der Waals surface area (Å²) < 4.78 is 18.5. The third-order valence-corrected chi connectivity index (χ3v) is 2.71. The van der Waals surface area contributed by atoms with Gasteiger partial charge in [-0.3, -0.25) is 4.79 Å². The van der Waals surface area contributed by atoms with Crippen molar-refractivity contribution in [2.75, 3.05) is 6.61 Å². The van der Waals surface area contributed by atoms with Crippen LogP contribution in [-0.2, 0) is 16.0 Å². The maximum absolute atomic E-state index is 13.1. The summed E-state index contributed by atoms with van der Waals surface area (Å²) in [6.45, 7) is 3.77. The minimum atomic E-state index is -0.302. The molecule has 0 unspecified atom stereocenters. The van der Waals surface area contributed by atoms with Crippen LogP contribution in [0.2, 0.25) is 0 Å². The molecule has 0 amide bonds. The van der Waals surface area contributed by atoms with E-state index in [-0.39, 0.29) is 18.2 Å². The predicted octanol–water partition coefficient (Wildman–Crippen LogP) is 3.00. The summed E-state index contributed by atoms with van der Waals surface area (Å²) in [6, 6.07) is 3.01. The minimum absolute atomic E-state index is 0.162. The van der Waals surface area contributed by atoms with Crippen LogP contribution in [0.5, 0.6) is 0 Å². The van der Waals surface area contributed by atoms with Gasteiger partial charge in [-0.2, -0.15) is 0 Å². The van der Waals surface area contributed by atoms with Crippen molar-refractivity contribution >= 4 is 21.9 Å². The Hall–Kier alpha value is -0.900. The molecular weight excluding hydrogens is 263 g/mol. The lowest BCUT2D eigenvalue weighted by Crippen LogP contribution is -2.08. The van der Waals surface area contributed by atoms with E-state index in [4.69, 9.17) is 4.74 Å². The second-order valence-electron chi connectivity index (χ2n) is 3.17. The molecule has 0 atom stereocenters. The summed E-state index contributed by atoms with van der Waals surface area (Å²) in [5, 5.41) is 0. The number of carbonyl (C=O) groups excluding carboxylic acids is 1. The van der Waals surface area contributed by atoms with Gasteiger partial charge in [0.1, 0.15) is 5.82 Å². The van der Waals surface area contributed by atoms with Crippen molar-refractivity contribution in [2.24, 2.45) is 0 Å². The third-order valence-electron chi connectivity index (χ3n) is 1.97. The molecule has 0 aliphatic heterocycles. The highest BCUT2D eigenvalue weighted by Gasteiger charge is 2.10. The van der Waals surface area contributed by atoms with Gasteiger partial charge in [-0.15, -0.1) is 0 Å². The Kier molecular flexibility index (Phi) is 4.27. The highest BCUT2D eigenvalue weighted by Crippen LogP contribution is 2.21. The first-order chi connectivity index (χ1) is 7.04. The molecule has 0 heterocycles. The molecule has 82 valence electrons. The first-order valence-electron chi connectivity index (χ1n) is 4.64. The van der Waals surface area contributed by atoms with E-state index in [1.165, 1.54) is 6.07 Å². The molecule has 0 saturated carbocycles. The summed E-state index contributed by atoms with van der Waals surface area (Å²) in [7, 11) is 0. The van der Waals surface area contributed by atoms with E-state index >= 15 is 0 Å². The van der Waals surface area contributed by atoms with E-state index < -0.39 is 0 Å². The Morgan fingerprint density at radius 3 is 2.80 bits per heavy atom. The lowest BCUT2D eigenvalue weighted by atomic mass is 10.1. The first-order valence-corrected chi connectivity index (χ1v) is 5.44. The van der Waals surface area contributed by atoms with Crippen LogP contribution in [0, 0.1) is 12.7 Å². The lowest BCUT2D eigenvalue weighted by Gasteiger charge is -2.06. The van der Waals surface area contributed by atoms with Crippen molar-refractivity contribution in [3.8, 4) is 0 Å². The molecule has 1 aromatic carbocycles. The van der Waals surface area contributed by atoms with Gasteiger partial charge in [0.2, 0.25) is 0 Å². The molecule has 0 aromatic heterocycles. The van der Waals surface area contributed by atoms with Crippen LogP contribution in [0.25, 0.3) is 0 Å². The Balaban J connectivity index is 2.86. The number of esters is 1. The molecule has 2 nitrogen and oxygen atoms in total. The number of benzene rings is 1. The SMILES string of the molecule is CCOC(=O)Cc1cc(C)c(F)cc1Br. The van der Waals surface area contributed by atoms with Crippen molar-refractivity contribution in [2.45, 2.75) is 20.3 Å². The van der Waals surface area contributed by atoms with Gasteiger partial charge >= 0.3 is 5.97 Å². The number of hydrogen-bond acceptors (Lipinski definition) is 2. The topological polar surface area (TPSA) is 26.3 Å².